The maximum absolute atomic E-state index is 12.5. The van der Waals surface area contributed by atoms with Crippen LogP contribution in [0.3, 0.4) is 0 Å². The summed E-state index contributed by atoms with van der Waals surface area (Å²) in [6.45, 7) is 2.12. The molecule has 2 rings (SSSR count). The molecule has 0 aliphatic rings. The number of methoxy groups -OCH3 is 1. The number of hydrogen-bond donors (Lipinski definition) is 2. The van der Waals surface area contributed by atoms with E-state index in [2.05, 4.69) is 4.72 Å². The summed E-state index contributed by atoms with van der Waals surface area (Å²) >= 11 is 0. The number of anilines is 1. The van der Waals surface area contributed by atoms with Gasteiger partial charge in [-0.1, -0.05) is 31.2 Å². The van der Waals surface area contributed by atoms with Crippen molar-refractivity contribution in [3.63, 3.8) is 0 Å². The smallest absolute Gasteiger partial charge is 0.261 e. The van der Waals surface area contributed by atoms with E-state index in [0.29, 0.717) is 11.3 Å². The van der Waals surface area contributed by atoms with Crippen LogP contribution < -0.4 is 4.72 Å². The molecule has 1 atom stereocenters. The summed E-state index contributed by atoms with van der Waals surface area (Å²) in [7, 11) is -2.17. The van der Waals surface area contributed by atoms with Crippen molar-refractivity contribution < 1.29 is 18.3 Å². The van der Waals surface area contributed by atoms with Gasteiger partial charge in [-0.2, -0.15) is 0 Å². The molecule has 0 radical (unpaired) electrons. The molecule has 6 heteroatoms. The van der Waals surface area contributed by atoms with Crippen LogP contribution in [0.15, 0.2) is 53.4 Å². The molecule has 124 valence electrons. The molecule has 2 N–H and O–H groups in total. The van der Waals surface area contributed by atoms with Crippen molar-refractivity contribution in [2.45, 2.75) is 24.3 Å². The lowest BCUT2D eigenvalue weighted by molar-refractivity contribution is 0.0644. The zero-order chi connectivity index (χ0) is 16.9. The van der Waals surface area contributed by atoms with E-state index in [0.717, 1.165) is 12.0 Å². The van der Waals surface area contributed by atoms with Gasteiger partial charge in [-0.15, -0.1) is 0 Å². The molecule has 23 heavy (non-hydrogen) atoms. The molecule has 0 bridgehead atoms. The van der Waals surface area contributed by atoms with Crippen LogP contribution in [0.5, 0.6) is 0 Å². The summed E-state index contributed by atoms with van der Waals surface area (Å²) in [6, 6.07) is 13.5. The first-order chi connectivity index (χ1) is 11.0. The first kappa shape index (κ1) is 17.5. The van der Waals surface area contributed by atoms with Crippen LogP contribution in [0, 0.1) is 0 Å². The monoisotopic (exact) mass is 335 g/mol. The lowest BCUT2D eigenvalue weighted by Crippen LogP contribution is -2.14. The number of sulfonamides is 1. The third kappa shape index (κ3) is 4.54. The predicted octanol–water partition coefficient (Wildman–Crippen LogP) is 2.73. The molecule has 5 nitrogen and oxygen atoms in total. The molecule has 0 aliphatic heterocycles. The van der Waals surface area contributed by atoms with Crippen LogP contribution in [0.25, 0.3) is 0 Å². The lowest BCUT2D eigenvalue weighted by atomic mass is 10.1. The SMILES string of the molecule is CCc1cccc(S(=O)(=O)Nc2cccc(C(O)COC)c2)c1. The van der Waals surface area contributed by atoms with E-state index < -0.39 is 16.1 Å². The van der Waals surface area contributed by atoms with Crippen LogP contribution in [0.2, 0.25) is 0 Å². The third-order valence-corrected chi connectivity index (χ3v) is 4.84. The number of aryl methyl sites for hydroxylation is 1. The fourth-order valence-corrected chi connectivity index (χ4v) is 3.33. The summed E-state index contributed by atoms with van der Waals surface area (Å²) in [5.74, 6) is 0. The topological polar surface area (TPSA) is 75.6 Å². The van der Waals surface area contributed by atoms with Crippen molar-refractivity contribution in [1.29, 1.82) is 0 Å². The number of benzene rings is 2. The van der Waals surface area contributed by atoms with Gasteiger partial charge in [-0.3, -0.25) is 4.72 Å². The minimum atomic E-state index is -3.66. The summed E-state index contributed by atoms with van der Waals surface area (Å²) in [5, 5.41) is 9.93. The Labute approximate surface area is 137 Å². The van der Waals surface area contributed by atoms with Crippen molar-refractivity contribution in [1.82, 2.24) is 0 Å². The summed E-state index contributed by atoms with van der Waals surface area (Å²) in [6.07, 6.45) is -0.0323. The van der Waals surface area contributed by atoms with Gasteiger partial charge in [0.1, 0.15) is 6.10 Å². The highest BCUT2D eigenvalue weighted by atomic mass is 32.2. The summed E-state index contributed by atoms with van der Waals surface area (Å²) in [4.78, 5) is 0.222. The maximum Gasteiger partial charge on any atom is 0.261 e. The Bertz CT molecular complexity index is 759. The quantitative estimate of drug-likeness (QED) is 0.816. The first-order valence-corrected chi connectivity index (χ1v) is 8.83. The Morgan fingerprint density at radius 2 is 1.91 bits per heavy atom. The number of hydrogen-bond acceptors (Lipinski definition) is 4. The number of ether oxygens (including phenoxy) is 1. The van der Waals surface area contributed by atoms with E-state index in [-0.39, 0.29) is 11.5 Å². The van der Waals surface area contributed by atoms with E-state index >= 15 is 0 Å². The van der Waals surface area contributed by atoms with Gasteiger partial charge in [0.25, 0.3) is 10.0 Å². The molecule has 0 heterocycles. The molecule has 0 amide bonds. The largest absolute Gasteiger partial charge is 0.386 e. The standard InChI is InChI=1S/C17H21NO4S/c1-3-13-6-4-9-16(10-13)23(20,21)18-15-8-5-7-14(11-15)17(19)12-22-2/h4-11,17-19H,3,12H2,1-2H3. The van der Waals surface area contributed by atoms with Gasteiger partial charge < -0.3 is 9.84 Å². The third-order valence-electron chi connectivity index (χ3n) is 3.47. The molecule has 2 aromatic carbocycles. The zero-order valence-corrected chi connectivity index (χ0v) is 14.0. The number of rotatable bonds is 7. The maximum atomic E-state index is 12.5. The normalized spacial score (nSPS) is 12.8. The average molecular weight is 335 g/mol. The van der Waals surface area contributed by atoms with E-state index in [1.807, 2.05) is 13.0 Å². The first-order valence-electron chi connectivity index (χ1n) is 7.35. The molecule has 2 aromatic rings. The second kappa shape index (κ2) is 7.59. The summed E-state index contributed by atoms with van der Waals surface area (Å²) < 4.78 is 32.4. The summed E-state index contributed by atoms with van der Waals surface area (Å²) in [5.41, 5.74) is 1.95. The van der Waals surface area contributed by atoms with Crippen LogP contribution in [-0.2, 0) is 21.2 Å². The van der Waals surface area contributed by atoms with E-state index in [4.69, 9.17) is 4.74 Å². The Morgan fingerprint density at radius 3 is 2.61 bits per heavy atom. The van der Waals surface area contributed by atoms with Gasteiger partial charge >= 0.3 is 0 Å². The Balaban J connectivity index is 2.25. The number of aliphatic hydroxyl groups excluding tert-OH is 1. The fourth-order valence-electron chi connectivity index (χ4n) is 2.21. The minimum Gasteiger partial charge on any atom is -0.386 e. The van der Waals surface area contributed by atoms with E-state index in [9.17, 15) is 13.5 Å². The van der Waals surface area contributed by atoms with Gasteiger partial charge in [0.15, 0.2) is 0 Å². The van der Waals surface area contributed by atoms with Crippen molar-refractivity contribution in [2.75, 3.05) is 18.4 Å². The van der Waals surface area contributed by atoms with Crippen LogP contribution in [0.4, 0.5) is 5.69 Å². The van der Waals surface area contributed by atoms with Crippen LogP contribution in [0.1, 0.15) is 24.2 Å². The Kier molecular flexibility index (Phi) is 5.76. The molecule has 0 fully saturated rings. The molecule has 0 saturated carbocycles. The van der Waals surface area contributed by atoms with E-state index in [1.165, 1.54) is 7.11 Å². The van der Waals surface area contributed by atoms with Crippen molar-refractivity contribution in [3.05, 3.63) is 59.7 Å². The molecular formula is C17H21NO4S. The highest BCUT2D eigenvalue weighted by Gasteiger charge is 2.15. The van der Waals surface area contributed by atoms with Gasteiger partial charge in [-0.25, -0.2) is 8.42 Å². The molecule has 0 aromatic heterocycles. The highest BCUT2D eigenvalue weighted by Crippen LogP contribution is 2.21. The van der Waals surface area contributed by atoms with Crippen molar-refractivity contribution in [2.24, 2.45) is 0 Å². The van der Waals surface area contributed by atoms with Crippen LogP contribution >= 0.6 is 0 Å². The van der Waals surface area contributed by atoms with Crippen molar-refractivity contribution in [3.8, 4) is 0 Å². The minimum absolute atomic E-state index is 0.148. The number of aliphatic hydroxyl groups is 1. The molecular weight excluding hydrogens is 314 g/mol. The zero-order valence-electron chi connectivity index (χ0n) is 13.2. The van der Waals surface area contributed by atoms with Gasteiger partial charge in [0.05, 0.1) is 11.5 Å². The molecule has 0 aliphatic carbocycles. The Hall–Kier alpha value is -1.89. The van der Waals surface area contributed by atoms with Crippen molar-refractivity contribution >= 4 is 15.7 Å². The second-order valence-electron chi connectivity index (χ2n) is 5.20. The Morgan fingerprint density at radius 1 is 1.17 bits per heavy atom. The highest BCUT2D eigenvalue weighted by molar-refractivity contribution is 7.92. The van der Waals surface area contributed by atoms with Gasteiger partial charge in [0.2, 0.25) is 0 Å². The van der Waals surface area contributed by atoms with Gasteiger partial charge in [-0.05, 0) is 41.8 Å². The van der Waals surface area contributed by atoms with Crippen LogP contribution in [-0.4, -0.2) is 27.2 Å². The molecule has 1 unspecified atom stereocenters. The molecule has 0 saturated heterocycles. The van der Waals surface area contributed by atoms with Gasteiger partial charge in [0, 0.05) is 12.8 Å². The second-order valence-corrected chi connectivity index (χ2v) is 6.89. The lowest BCUT2D eigenvalue weighted by Gasteiger charge is -2.13. The average Bonchev–Trinajstić information content (AvgIpc) is 2.55. The predicted molar refractivity (Wildman–Crippen MR) is 89.9 cm³/mol. The van der Waals surface area contributed by atoms with E-state index in [1.54, 1.807) is 42.5 Å². The molecule has 0 spiro atoms. The fraction of sp³-hybridized carbons (Fsp3) is 0.294. The number of nitrogens with one attached hydrogen (secondary N) is 1.